The molecule has 8 heteroatoms. The van der Waals surface area contributed by atoms with E-state index >= 15 is 0 Å². The molecule has 0 amide bonds. The van der Waals surface area contributed by atoms with E-state index in [1.165, 1.54) is 33.2 Å². The first-order chi connectivity index (χ1) is 23.0. The number of allylic oxidation sites excluding steroid dienone is 1. The van der Waals surface area contributed by atoms with Crippen LogP contribution in [-0.2, 0) is 13.0 Å². The number of methoxy groups -OCH3 is 1. The minimum Gasteiger partial charge on any atom is -0.497 e. The van der Waals surface area contributed by atoms with Crippen molar-refractivity contribution in [2.45, 2.75) is 25.5 Å². The molecule has 0 radical (unpaired) electrons. The zero-order chi connectivity index (χ0) is 32.1. The molecule has 0 saturated heterocycles. The van der Waals surface area contributed by atoms with E-state index < -0.39 is 0 Å². The highest BCUT2D eigenvalue weighted by molar-refractivity contribution is 9.11. The maximum absolute atomic E-state index is 14.2. The molecule has 0 saturated carbocycles. The fourth-order valence-corrected chi connectivity index (χ4v) is 9.08. The number of benzene rings is 5. The monoisotopic (exact) mass is 762 g/mol. The van der Waals surface area contributed by atoms with Crippen LogP contribution in [0.15, 0.2) is 127 Å². The molecule has 232 valence electrons. The lowest BCUT2D eigenvalue weighted by Crippen LogP contribution is -2.38. The fourth-order valence-electron chi connectivity index (χ4n) is 6.63. The second-order valence-electron chi connectivity index (χ2n) is 11.6. The first kappa shape index (κ1) is 30.1. The summed E-state index contributed by atoms with van der Waals surface area (Å²) in [5, 5.41) is 2.36. The van der Waals surface area contributed by atoms with Crippen molar-refractivity contribution in [2.75, 3.05) is 7.11 Å². The number of nitrogens with zero attached hydrogens (tertiary/aromatic N) is 2. The maximum Gasteiger partial charge on any atom is 0.271 e. The standard InChI is InChI=1S/C39H28Br2N2O3S/c1-45-28-16-13-26(14-17-28)36-31-18-15-25-8-3-5-12-30(25)35(31)42-39-43(36)38(44)34(47-39)21-23-19-32(40)37(33(41)20-23)46-22-27-10-6-9-24-7-2-4-11-29(24)27/h2-14,16-17,19-21,36H,15,18,22H2,1H3/b34-21-/t36-/m1/s1. The molecular formula is C39H28Br2N2O3S. The Morgan fingerprint density at radius 1 is 0.915 bits per heavy atom. The van der Waals surface area contributed by atoms with Gasteiger partial charge in [-0.1, -0.05) is 90.2 Å². The van der Waals surface area contributed by atoms with Gasteiger partial charge in [0.2, 0.25) is 0 Å². The van der Waals surface area contributed by atoms with Crippen LogP contribution in [0, 0.1) is 0 Å². The minimum atomic E-state index is -0.244. The number of thiazole rings is 1. The van der Waals surface area contributed by atoms with Gasteiger partial charge in [-0.15, -0.1) is 0 Å². The van der Waals surface area contributed by atoms with Crippen molar-refractivity contribution in [3.8, 4) is 11.5 Å². The summed E-state index contributed by atoms with van der Waals surface area (Å²) >= 11 is 8.88. The van der Waals surface area contributed by atoms with Gasteiger partial charge in [0.25, 0.3) is 5.56 Å². The molecule has 0 unspecified atom stereocenters. The topological polar surface area (TPSA) is 52.8 Å². The molecule has 8 rings (SSSR count). The lowest BCUT2D eigenvalue weighted by atomic mass is 9.83. The molecule has 0 fully saturated rings. The normalized spacial score (nSPS) is 15.6. The predicted molar refractivity (Wildman–Crippen MR) is 196 cm³/mol. The first-order valence-corrected chi connectivity index (χ1v) is 17.7. The number of rotatable bonds is 6. The van der Waals surface area contributed by atoms with E-state index in [1.807, 2.05) is 47.0 Å². The summed E-state index contributed by atoms with van der Waals surface area (Å²) in [6.45, 7) is 0.426. The Hall–Kier alpha value is -4.24. The lowest BCUT2D eigenvalue weighted by molar-refractivity contribution is 0.303. The molecule has 2 heterocycles. The smallest absolute Gasteiger partial charge is 0.271 e. The molecule has 0 spiro atoms. The Balaban J connectivity index is 1.19. The van der Waals surface area contributed by atoms with E-state index in [9.17, 15) is 4.79 Å². The molecule has 5 aromatic carbocycles. The molecule has 6 aromatic rings. The number of ether oxygens (including phenoxy) is 2. The van der Waals surface area contributed by atoms with Gasteiger partial charge in [-0.3, -0.25) is 9.36 Å². The molecule has 1 aliphatic carbocycles. The number of halogens is 2. The van der Waals surface area contributed by atoms with Gasteiger partial charge in [-0.2, -0.15) is 0 Å². The van der Waals surface area contributed by atoms with Crippen LogP contribution < -0.4 is 24.4 Å². The first-order valence-electron chi connectivity index (χ1n) is 15.3. The van der Waals surface area contributed by atoms with Crippen molar-refractivity contribution in [3.05, 3.63) is 165 Å². The van der Waals surface area contributed by atoms with Gasteiger partial charge in [-0.25, -0.2) is 4.99 Å². The zero-order valence-corrected chi connectivity index (χ0v) is 29.4. The van der Waals surface area contributed by atoms with Gasteiger partial charge in [0.05, 0.1) is 32.3 Å². The quantitative estimate of drug-likeness (QED) is 0.171. The number of hydrogen-bond donors (Lipinski definition) is 0. The van der Waals surface area contributed by atoms with E-state index in [4.69, 9.17) is 14.5 Å². The third kappa shape index (κ3) is 5.48. The summed E-state index contributed by atoms with van der Waals surface area (Å²) in [4.78, 5) is 20.1. The highest BCUT2D eigenvalue weighted by Crippen LogP contribution is 2.41. The molecule has 5 nitrogen and oxygen atoms in total. The Labute approximate surface area is 292 Å². The van der Waals surface area contributed by atoms with E-state index in [1.54, 1.807) is 7.11 Å². The van der Waals surface area contributed by atoms with Crippen LogP contribution in [0.1, 0.15) is 40.3 Å². The van der Waals surface area contributed by atoms with Crippen LogP contribution in [0.5, 0.6) is 11.5 Å². The van der Waals surface area contributed by atoms with Crippen LogP contribution in [0.3, 0.4) is 0 Å². The third-order valence-electron chi connectivity index (χ3n) is 8.87. The van der Waals surface area contributed by atoms with Crippen LogP contribution >= 0.6 is 43.2 Å². The van der Waals surface area contributed by atoms with Crippen molar-refractivity contribution in [1.29, 1.82) is 0 Å². The highest BCUT2D eigenvalue weighted by Gasteiger charge is 2.32. The summed E-state index contributed by atoms with van der Waals surface area (Å²) < 4.78 is 15.9. The van der Waals surface area contributed by atoms with E-state index in [0.717, 1.165) is 55.5 Å². The fraction of sp³-hybridized carbons (Fsp3) is 0.128. The van der Waals surface area contributed by atoms with Gasteiger partial charge in [-0.05, 0) is 114 Å². The van der Waals surface area contributed by atoms with Gasteiger partial charge in [0.1, 0.15) is 18.1 Å². The van der Waals surface area contributed by atoms with E-state index in [-0.39, 0.29) is 11.6 Å². The van der Waals surface area contributed by atoms with Crippen molar-refractivity contribution >= 4 is 65.7 Å². The van der Waals surface area contributed by atoms with Gasteiger partial charge in [0, 0.05) is 5.56 Å². The second-order valence-corrected chi connectivity index (χ2v) is 14.3. The van der Waals surface area contributed by atoms with E-state index in [0.29, 0.717) is 21.7 Å². The van der Waals surface area contributed by atoms with E-state index in [2.05, 4.69) is 98.6 Å². The molecule has 2 aliphatic rings. The molecule has 0 bridgehead atoms. The van der Waals surface area contributed by atoms with Crippen molar-refractivity contribution in [3.63, 3.8) is 0 Å². The van der Waals surface area contributed by atoms with Gasteiger partial charge >= 0.3 is 0 Å². The third-order valence-corrected chi connectivity index (χ3v) is 11.0. The zero-order valence-electron chi connectivity index (χ0n) is 25.4. The lowest BCUT2D eigenvalue weighted by Gasteiger charge is -2.30. The number of aromatic nitrogens is 1. The molecule has 1 aromatic heterocycles. The number of hydrogen-bond acceptors (Lipinski definition) is 5. The van der Waals surface area contributed by atoms with Gasteiger partial charge < -0.3 is 9.47 Å². The number of fused-ring (bicyclic) bond motifs is 4. The SMILES string of the molecule is COc1ccc([C@@H]2C3=C(N=c4s/c(=C\c5cc(Br)c(OCc6cccc7ccccc67)c(Br)c5)c(=O)n42)c2ccccc2CC3)cc1. The van der Waals surface area contributed by atoms with Crippen LogP contribution in [-0.4, -0.2) is 11.7 Å². The summed E-state index contributed by atoms with van der Waals surface area (Å²) in [6, 6.07) is 34.8. The average molecular weight is 765 g/mol. The molecular weight excluding hydrogens is 736 g/mol. The van der Waals surface area contributed by atoms with Crippen molar-refractivity contribution in [2.24, 2.45) is 4.99 Å². The molecule has 47 heavy (non-hydrogen) atoms. The maximum atomic E-state index is 14.2. The summed E-state index contributed by atoms with van der Waals surface area (Å²) in [7, 11) is 1.66. The minimum absolute atomic E-state index is 0.0523. The van der Waals surface area contributed by atoms with Crippen LogP contribution in [0.25, 0.3) is 22.5 Å². The van der Waals surface area contributed by atoms with Crippen molar-refractivity contribution in [1.82, 2.24) is 4.57 Å². The molecule has 0 N–H and O–H groups in total. The van der Waals surface area contributed by atoms with Crippen molar-refractivity contribution < 1.29 is 9.47 Å². The average Bonchev–Trinajstić information content (AvgIpc) is 3.40. The Bertz CT molecular complexity index is 2380. The largest absolute Gasteiger partial charge is 0.497 e. The second kappa shape index (κ2) is 12.4. The van der Waals surface area contributed by atoms with Crippen LogP contribution in [0.4, 0.5) is 0 Å². The summed E-state index contributed by atoms with van der Waals surface area (Å²) in [6.07, 6.45) is 3.70. The highest BCUT2D eigenvalue weighted by atomic mass is 79.9. The predicted octanol–water partition coefficient (Wildman–Crippen LogP) is 8.58. The Kier molecular flexibility index (Phi) is 7.95. The summed E-state index contributed by atoms with van der Waals surface area (Å²) in [5.74, 6) is 1.49. The Morgan fingerprint density at radius 3 is 2.47 bits per heavy atom. The van der Waals surface area contributed by atoms with Crippen LogP contribution in [0.2, 0.25) is 0 Å². The number of aryl methyl sites for hydroxylation is 1. The molecule has 1 atom stereocenters. The van der Waals surface area contributed by atoms with Gasteiger partial charge in [0.15, 0.2) is 4.80 Å². The summed E-state index contributed by atoms with van der Waals surface area (Å²) in [5.41, 5.74) is 7.58. The molecule has 1 aliphatic heterocycles. The Morgan fingerprint density at radius 2 is 1.66 bits per heavy atom.